The van der Waals surface area contributed by atoms with E-state index >= 15 is 0 Å². The lowest BCUT2D eigenvalue weighted by atomic mass is 10.1. The van der Waals surface area contributed by atoms with Gasteiger partial charge in [-0.1, -0.05) is 42.1 Å². The molecule has 4 rings (SSSR count). The van der Waals surface area contributed by atoms with E-state index < -0.39 is 17.6 Å². The van der Waals surface area contributed by atoms with Crippen LogP contribution in [0.2, 0.25) is 0 Å². The quantitative estimate of drug-likeness (QED) is 0.239. The minimum atomic E-state index is -4.43. The Kier molecular flexibility index (Phi) is 8.88. The summed E-state index contributed by atoms with van der Waals surface area (Å²) in [5, 5.41) is 11.9. The summed E-state index contributed by atoms with van der Waals surface area (Å²) >= 11 is 1.25. The van der Waals surface area contributed by atoms with E-state index in [-0.39, 0.29) is 17.9 Å². The number of halogens is 3. The van der Waals surface area contributed by atoms with Gasteiger partial charge in [0.05, 0.1) is 33.4 Å². The number of aryl methyl sites for hydroxylation is 1. The molecule has 210 valence electrons. The number of carbonyl (C=O) groups excluding carboxylic acids is 1. The molecule has 0 aliphatic rings. The molecule has 1 amide bonds. The Hall–Kier alpha value is -4.19. The largest absolute Gasteiger partial charge is 0.493 e. The molecular formula is C28H27F3N4O4S. The Morgan fingerprint density at radius 1 is 0.950 bits per heavy atom. The molecule has 8 nitrogen and oxygen atoms in total. The van der Waals surface area contributed by atoms with Gasteiger partial charge < -0.3 is 19.5 Å². The number of nitrogens with zero attached hydrogens (tertiary/aromatic N) is 3. The van der Waals surface area contributed by atoms with Gasteiger partial charge in [0.25, 0.3) is 5.91 Å². The number of rotatable bonds is 10. The van der Waals surface area contributed by atoms with Crippen LogP contribution in [0, 0.1) is 6.92 Å². The van der Waals surface area contributed by atoms with Gasteiger partial charge in [0.1, 0.15) is 0 Å². The lowest BCUT2D eigenvalue weighted by molar-refractivity contribution is -0.137. The Bertz CT molecular complexity index is 1480. The van der Waals surface area contributed by atoms with Crippen molar-refractivity contribution in [3.05, 3.63) is 88.7 Å². The molecule has 0 spiro atoms. The Morgan fingerprint density at radius 3 is 2.27 bits per heavy atom. The van der Waals surface area contributed by atoms with Crippen molar-refractivity contribution >= 4 is 17.7 Å². The lowest BCUT2D eigenvalue weighted by Gasteiger charge is -2.14. The average molecular weight is 573 g/mol. The van der Waals surface area contributed by atoms with Gasteiger partial charge in [-0.15, -0.1) is 10.2 Å². The van der Waals surface area contributed by atoms with Crippen LogP contribution in [-0.4, -0.2) is 42.0 Å². The van der Waals surface area contributed by atoms with Gasteiger partial charge in [-0.25, -0.2) is 0 Å². The zero-order chi connectivity index (χ0) is 28.9. The van der Waals surface area contributed by atoms with Crippen LogP contribution in [0.1, 0.15) is 32.9 Å². The summed E-state index contributed by atoms with van der Waals surface area (Å²) in [6, 6.07) is 15.9. The van der Waals surface area contributed by atoms with Crippen molar-refractivity contribution < 1.29 is 32.2 Å². The molecule has 1 N–H and O–H groups in total. The Morgan fingerprint density at radius 2 is 1.65 bits per heavy atom. The van der Waals surface area contributed by atoms with Gasteiger partial charge in [0.2, 0.25) is 5.75 Å². The van der Waals surface area contributed by atoms with E-state index in [1.807, 2.05) is 31.2 Å². The second kappa shape index (κ2) is 12.3. The number of carbonyl (C=O) groups is 1. The molecule has 4 aromatic rings. The van der Waals surface area contributed by atoms with Gasteiger partial charge in [-0.3, -0.25) is 9.36 Å². The van der Waals surface area contributed by atoms with E-state index in [2.05, 4.69) is 15.5 Å². The van der Waals surface area contributed by atoms with Gasteiger partial charge >= 0.3 is 6.18 Å². The van der Waals surface area contributed by atoms with Crippen molar-refractivity contribution in [2.24, 2.45) is 0 Å². The molecule has 1 aromatic heterocycles. The molecule has 0 aliphatic carbocycles. The first-order valence-corrected chi connectivity index (χ1v) is 13.0. The molecule has 0 radical (unpaired) electrons. The fourth-order valence-electron chi connectivity index (χ4n) is 3.99. The maximum Gasteiger partial charge on any atom is 0.416 e. The van der Waals surface area contributed by atoms with Gasteiger partial charge in [-0.2, -0.15) is 13.2 Å². The van der Waals surface area contributed by atoms with Crippen LogP contribution in [0.5, 0.6) is 17.2 Å². The fourth-order valence-corrected chi connectivity index (χ4v) is 4.91. The minimum absolute atomic E-state index is 0.0283. The summed E-state index contributed by atoms with van der Waals surface area (Å²) in [6.45, 7) is 1.97. The topological polar surface area (TPSA) is 87.5 Å². The number of amides is 1. The maximum absolute atomic E-state index is 13.2. The molecule has 12 heteroatoms. The van der Waals surface area contributed by atoms with Crippen molar-refractivity contribution in [3.8, 4) is 22.9 Å². The molecule has 0 saturated heterocycles. The predicted octanol–water partition coefficient (Wildman–Crippen LogP) is 5.84. The first-order valence-electron chi connectivity index (χ1n) is 12.0. The Labute approximate surface area is 233 Å². The van der Waals surface area contributed by atoms with Gasteiger partial charge in [-0.05, 0) is 48.4 Å². The molecule has 3 aromatic carbocycles. The second-order valence-electron chi connectivity index (χ2n) is 8.66. The number of ether oxygens (including phenoxy) is 3. The second-order valence-corrected chi connectivity index (χ2v) is 9.60. The smallest absolute Gasteiger partial charge is 0.416 e. The molecule has 0 fully saturated rings. The first kappa shape index (κ1) is 28.8. The summed E-state index contributed by atoms with van der Waals surface area (Å²) in [4.78, 5) is 13.1. The lowest BCUT2D eigenvalue weighted by Crippen LogP contribution is -2.25. The molecule has 0 bridgehead atoms. The number of alkyl halides is 3. The molecule has 40 heavy (non-hydrogen) atoms. The van der Waals surface area contributed by atoms with Crippen LogP contribution in [0.4, 0.5) is 13.2 Å². The molecule has 0 aliphatic heterocycles. The number of benzene rings is 3. The number of hydrogen-bond acceptors (Lipinski definition) is 7. The molecule has 1 heterocycles. The van der Waals surface area contributed by atoms with Crippen LogP contribution < -0.4 is 19.5 Å². The molecule has 0 atom stereocenters. The normalized spacial score (nSPS) is 11.3. The highest BCUT2D eigenvalue weighted by Gasteiger charge is 2.30. The van der Waals surface area contributed by atoms with E-state index in [4.69, 9.17) is 14.2 Å². The zero-order valence-corrected chi connectivity index (χ0v) is 23.0. The number of methoxy groups -OCH3 is 3. The van der Waals surface area contributed by atoms with Crippen LogP contribution in [0.25, 0.3) is 5.69 Å². The highest BCUT2D eigenvalue weighted by atomic mass is 32.2. The number of hydrogen-bond donors (Lipinski definition) is 1. The van der Waals surface area contributed by atoms with E-state index in [0.717, 1.165) is 23.4 Å². The number of thioether (sulfide) groups is 1. The summed E-state index contributed by atoms with van der Waals surface area (Å²) in [5.74, 6) is 1.31. The monoisotopic (exact) mass is 572 g/mol. The highest BCUT2D eigenvalue weighted by Crippen LogP contribution is 2.38. The molecule has 0 saturated carbocycles. The average Bonchev–Trinajstić information content (AvgIpc) is 3.36. The SMILES string of the molecule is COc1cc(C(=O)NCc2nnc(SCc3cccc(C(F)(F)F)c3)n2-c2cccc(C)c2)cc(OC)c1OC. The van der Waals surface area contributed by atoms with E-state index in [0.29, 0.717) is 33.8 Å². The van der Waals surface area contributed by atoms with Crippen molar-refractivity contribution in [2.75, 3.05) is 21.3 Å². The van der Waals surface area contributed by atoms with Crippen molar-refractivity contribution in [1.29, 1.82) is 0 Å². The van der Waals surface area contributed by atoms with Crippen LogP contribution in [0.3, 0.4) is 0 Å². The molecular weight excluding hydrogens is 545 g/mol. The third kappa shape index (κ3) is 6.50. The summed E-state index contributed by atoms with van der Waals surface area (Å²) in [6.07, 6.45) is -4.43. The van der Waals surface area contributed by atoms with Crippen LogP contribution in [-0.2, 0) is 18.5 Å². The Balaban J connectivity index is 1.59. The van der Waals surface area contributed by atoms with E-state index in [9.17, 15) is 18.0 Å². The van der Waals surface area contributed by atoms with Crippen molar-refractivity contribution in [1.82, 2.24) is 20.1 Å². The third-order valence-electron chi connectivity index (χ3n) is 5.92. The fraction of sp³-hybridized carbons (Fsp3) is 0.250. The standard InChI is InChI=1S/C28H27F3N4O4S/c1-17-7-5-10-21(11-17)35-24(15-32-26(36)19-13-22(37-2)25(39-4)23(14-19)38-3)33-34-27(35)40-16-18-8-6-9-20(12-18)28(29,30)31/h5-14H,15-16H2,1-4H3,(H,32,36). The number of aromatic nitrogens is 3. The third-order valence-corrected chi connectivity index (χ3v) is 6.92. The van der Waals surface area contributed by atoms with Crippen molar-refractivity contribution in [3.63, 3.8) is 0 Å². The number of nitrogens with one attached hydrogen (secondary N) is 1. The summed E-state index contributed by atoms with van der Waals surface area (Å²) in [7, 11) is 4.39. The minimum Gasteiger partial charge on any atom is -0.493 e. The maximum atomic E-state index is 13.2. The van der Waals surface area contributed by atoms with Crippen LogP contribution in [0.15, 0.2) is 65.8 Å². The van der Waals surface area contributed by atoms with E-state index in [1.54, 1.807) is 10.6 Å². The van der Waals surface area contributed by atoms with Crippen molar-refractivity contribution in [2.45, 2.75) is 30.6 Å². The highest BCUT2D eigenvalue weighted by molar-refractivity contribution is 7.98. The van der Waals surface area contributed by atoms with Gasteiger partial charge in [0, 0.05) is 17.0 Å². The first-order chi connectivity index (χ1) is 19.1. The van der Waals surface area contributed by atoms with Crippen LogP contribution >= 0.6 is 11.8 Å². The van der Waals surface area contributed by atoms with E-state index in [1.165, 1.54) is 51.3 Å². The molecule has 0 unspecified atom stereocenters. The zero-order valence-electron chi connectivity index (χ0n) is 22.2. The summed E-state index contributed by atoms with van der Waals surface area (Å²) in [5.41, 5.74) is 1.83. The van der Waals surface area contributed by atoms with Gasteiger partial charge in [0.15, 0.2) is 22.5 Å². The predicted molar refractivity (Wildman–Crippen MR) is 144 cm³/mol. The summed E-state index contributed by atoms with van der Waals surface area (Å²) < 4.78 is 57.3.